The summed E-state index contributed by atoms with van der Waals surface area (Å²) >= 11 is 1.63. The molecule has 2 unspecified atom stereocenters. The Morgan fingerprint density at radius 3 is 2.76 bits per heavy atom. The van der Waals surface area contributed by atoms with Crippen LogP contribution in [0.4, 0.5) is 0 Å². The Labute approximate surface area is 130 Å². The van der Waals surface area contributed by atoms with E-state index in [4.69, 9.17) is 0 Å². The Morgan fingerprint density at radius 2 is 2.14 bits per heavy atom. The molecule has 1 aliphatic heterocycles. The molecule has 2 atom stereocenters. The van der Waals surface area contributed by atoms with Crippen molar-refractivity contribution in [3.63, 3.8) is 0 Å². The number of Topliss-reactive ketones (excluding diaryl/α,β-unsaturated/α-hetero) is 1. The summed E-state index contributed by atoms with van der Waals surface area (Å²) in [6.45, 7) is 7.99. The van der Waals surface area contributed by atoms with Crippen LogP contribution in [0, 0.1) is 19.8 Å². The van der Waals surface area contributed by atoms with E-state index < -0.39 is 0 Å². The predicted octanol–water partition coefficient (Wildman–Crippen LogP) is 2.44. The van der Waals surface area contributed by atoms with Crippen LogP contribution >= 0.6 is 11.3 Å². The van der Waals surface area contributed by atoms with Gasteiger partial charge >= 0.3 is 0 Å². The van der Waals surface area contributed by atoms with Crippen LogP contribution in [-0.2, 0) is 4.79 Å². The molecule has 116 valence electrons. The van der Waals surface area contributed by atoms with Crippen molar-refractivity contribution in [3.8, 4) is 0 Å². The summed E-state index contributed by atoms with van der Waals surface area (Å²) in [5.74, 6) is 0.511. The minimum atomic E-state index is -0.00768. The number of carbonyl (C=O) groups is 2. The van der Waals surface area contributed by atoms with E-state index in [0.717, 1.165) is 34.8 Å². The number of carbonyl (C=O) groups excluding carboxylic acids is 2. The summed E-state index contributed by atoms with van der Waals surface area (Å²) in [5.41, 5.74) is 0.778. The van der Waals surface area contributed by atoms with Gasteiger partial charge in [-0.05, 0) is 45.3 Å². The summed E-state index contributed by atoms with van der Waals surface area (Å²) in [5, 5.41) is 6.38. The number of ketones is 1. The molecule has 0 spiro atoms. The summed E-state index contributed by atoms with van der Waals surface area (Å²) in [6.07, 6.45) is 1.54. The van der Waals surface area contributed by atoms with E-state index in [-0.39, 0.29) is 24.2 Å². The number of amides is 1. The molecule has 0 aromatic carbocycles. The Bertz CT molecular complexity index is 524. The first-order valence-electron chi connectivity index (χ1n) is 7.57. The van der Waals surface area contributed by atoms with Gasteiger partial charge in [0.25, 0.3) is 0 Å². The first kappa shape index (κ1) is 16.2. The van der Waals surface area contributed by atoms with Crippen molar-refractivity contribution in [2.45, 2.75) is 46.1 Å². The minimum absolute atomic E-state index is 0.00768. The van der Waals surface area contributed by atoms with Gasteiger partial charge in [0.2, 0.25) is 5.91 Å². The fourth-order valence-corrected chi connectivity index (χ4v) is 3.72. The fourth-order valence-electron chi connectivity index (χ4n) is 2.78. The molecule has 2 N–H and O–H groups in total. The molecule has 0 bridgehead atoms. The Balaban J connectivity index is 1.81. The topological polar surface area (TPSA) is 58.2 Å². The maximum atomic E-state index is 12.2. The number of hydrogen-bond acceptors (Lipinski definition) is 4. The number of thiophene rings is 1. The summed E-state index contributed by atoms with van der Waals surface area (Å²) in [7, 11) is 0. The van der Waals surface area contributed by atoms with Crippen LogP contribution in [0.25, 0.3) is 0 Å². The highest BCUT2D eigenvalue weighted by Gasteiger charge is 2.23. The van der Waals surface area contributed by atoms with E-state index >= 15 is 0 Å². The van der Waals surface area contributed by atoms with Crippen molar-refractivity contribution in [2.75, 3.05) is 13.1 Å². The lowest BCUT2D eigenvalue weighted by Crippen LogP contribution is -2.48. The molecule has 5 heteroatoms. The largest absolute Gasteiger partial charge is 0.353 e. The van der Waals surface area contributed by atoms with Crippen LogP contribution < -0.4 is 10.6 Å². The third-order valence-electron chi connectivity index (χ3n) is 4.05. The van der Waals surface area contributed by atoms with Gasteiger partial charge in [-0.25, -0.2) is 0 Å². The SMILES string of the molecule is Cc1cc(C(=O)CCC(=O)NC2CCNCC2C)c(C)s1. The van der Waals surface area contributed by atoms with Crippen molar-refractivity contribution < 1.29 is 9.59 Å². The van der Waals surface area contributed by atoms with E-state index in [1.54, 1.807) is 11.3 Å². The molecule has 1 aromatic rings. The van der Waals surface area contributed by atoms with Gasteiger partial charge in [-0.2, -0.15) is 0 Å². The van der Waals surface area contributed by atoms with Crippen molar-refractivity contribution in [2.24, 2.45) is 5.92 Å². The molecule has 1 aromatic heterocycles. The van der Waals surface area contributed by atoms with E-state index in [9.17, 15) is 9.59 Å². The number of aryl methyl sites for hydroxylation is 2. The Hall–Kier alpha value is -1.20. The van der Waals surface area contributed by atoms with Crippen molar-refractivity contribution in [1.29, 1.82) is 0 Å². The molecule has 2 rings (SSSR count). The molecule has 1 fully saturated rings. The quantitative estimate of drug-likeness (QED) is 0.822. The maximum absolute atomic E-state index is 12.2. The summed E-state index contributed by atoms with van der Waals surface area (Å²) in [4.78, 5) is 26.3. The van der Waals surface area contributed by atoms with Gasteiger partial charge in [-0.1, -0.05) is 6.92 Å². The zero-order valence-electron chi connectivity index (χ0n) is 13.0. The van der Waals surface area contributed by atoms with Gasteiger partial charge in [0, 0.05) is 34.2 Å². The van der Waals surface area contributed by atoms with E-state index in [2.05, 4.69) is 17.6 Å². The molecule has 1 amide bonds. The van der Waals surface area contributed by atoms with Gasteiger partial charge in [0.1, 0.15) is 0 Å². The first-order chi connectivity index (χ1) is 9.97. The summed E-state index contributed by atoms with van der Waals surface area (Å²) < 4.78 is 0. The van der Waals surface area contributed by atoms with Crippen LogP contribution in [0.15, 0.2) is 6.07 Å². The third-order valence-corrected chi connectivity index (χ3v) is 5.02. The smallest absolute Gasteiger partial charge is 0.220 e. The van der Waals surface area contributed by atoms with Crippen LogP contribution in [0.3, 0.4) is 0 Å². The number of rotatable bonds is 5. The second-order valence-corrected chi connectivity index (χ2v) is 7.35. The van der Waals surface area contributed by atoms with Gasteiger partial charge in [-0.3, -0.25) is 9.59 Å². The molecular weight excluding hydrogens is 284 g/mol. The van der Waals surface area contributed by atoms with Crippen molar-refractivity contribution in [1.82, 2.24) is 10.6 Å². The minimum Gasteiger partial charge on any atom is -0.353 e. The van der Waals surface area contributed by atoms with Crippen LogP contribution in [0.5, 0.6) is 0 Å². The predicted molar refractivity (Wildman–Crippen MR) is 85.9 cm³/mol. The number of piperidine rings is 1. The highest BCUT2D eigenvalue weighted by Crippen LogP contribution is 2.22. The third kappa shape index (κ3) is 4.38. The van der Waals surface area contributed by atoms with Crippen LogP contribution in [0.1, 0.15) is 46.3 Å². The molecular formula is C16H24N2O2S. The average Bonchev–Trinajstić information content (AvgIpc) is 2.78. The van der Waals surface area contributed by atoms with Gasteiger partial charge in [0.15, 0.2) is 5.78 Å². The fraction of sp³-hybridized carbons (Fsp3) is 0.625. The lowest BCUT2D eigenvalue weighted by molar-refractivity contribution is -0.122. The number of hydrogen-bond donors (Lipinski definition) is 2. The maximum Gasteiger partial charge on any atom is 0.220 e. The highest BCUT2D eigenvalue weighted by atomic mass is 32.1. The van der Waals surface area contributed by atoms with Crippen molar-refractivity contribution in [3.05, 3.63) is 21.4 Å². The second-order valence-electron chi connectivity index (χ2n) is 5.89. The van der Waals surface area contributed by atoms with Crippen LogP contribution in [0.2, 0.25) is 0 Å². The Kier molecular flexibility index (Phi) is 5.53. The second kappa shape index (κ2) is 7.18. The zero-order chi connectivity index (χ0) is 15.4. The van der Waals surface area contributed by atoms with Gasteiger partial charge < -0.3 is 10.6 Å². The molecule has 0 aliphatic carbocycles. The molecule has 0 saturated carbocycles. The lowest BCUT2D eigenvalue weighted by Gasteiger charge is -2.30. The standard InChI is InChI=1S/C16H24N2O2S/c1-10-9-17-7-6-14(10)18-16(20)5-4-15(19)13-8-11(2)21-12(13)3/h8,10,14,17H,4-7,9H2,1-3H3,(H,18,20). The number of nitrogens with one attached hydrogen (secondary N) is 2. The molecule has 21 heavy (non-hydrogen) atoms. The first-order valence-corrected chi connectivity index (χ1v) is 8.39. The molecule has 1 saturated heterocycles. The normalized spacial score (nSPS) is 22.0. The molecule has 0 radical (unpaired) electrons. The van der Waals surface area contributed by atoms with Crippen LogP contribution in [-0.4, -0.2) is 30.8 Å². The monoisotopic (exact) mass is 308 g/mol. The summed E-state index contributed by atoms with van der Waals surface area (Å²) in [6, 6.07) is 2.16. The zero-order valence-corrected chi connectivity index (χ0v) is 13.8. The lowest BCUT2D eigenvalue weighted by atomic mass is 9.95. The van der Waals surface area contributed by atoms with Gasteiger partial charge in [-0.15, -0.1) is 11.3 Å². The molecule has 2 heterocycles. The van der Waals surface area contributed by atoms with Gasteiger partial charge in [0.05, 0.1) is 0 Å². The average molecular weight is 308 g/mol. The van der Waals surface area contributed by atoms with Crippen molar-refractivity contribution >= 4 is 23.0 Å². The van der Waals surface area contributed by atoms with E-state index in [1.165, 1.54) is 0 Å². The van der Waals surface area contributed by atoms with E-state index in [1.807, 2.05) is 19.9 Å². The molecule has 1 aliphatic rings. The molecule has 4 nitrogen and oxygen atoms in total. The Morgan fingerprint density at radius 1 is 1.38 bits per heavy atom. The highest BCUT2D eigenvalue weighted by molar-refractivity contribution is 7.12. The van der Waals surface area contributed by atoms with E-state index in [0.29, 0.717) is 12.3 Å².